The summed E-state index contributed by atoms with van der Waals surface area (Å²) in [7, 11) is 0. The largest absolute Gasteiger partial charge is 0.463 e. The second-order valence-corrected chi connectivity index (χ2v) is 6.88. The van der Waals surface area contributed by atoms with E-state index in [9.17, 15) is 18.8 Å². The van der Waals surface area contributed by atoms with Crippen molar-refractivity contribution in [2.24, 2.45) is 0 Å². The van der Waals surface area contributed by atoms with Crippen LogP contribution in [0.3, 0.4) is 0 Å². The fraction of sp³-hybridized carbons (Fsp3) is 0.476. The zero-order valence-electron chi connectivity index (χ0n) is 16.8. The topological polar surface area (TPSA) is 75.7 Å². The zero-order chi connectivity index (χ0) is 20.8. The molecule has 1 N–H and O–H groups in total. The number of benzene rings is 1. The van der Waals surface area contributed by atoms with Gasteiger partial charge in [0.1, 0.15) is 12.4 Å². The van der Waals surface area contributed by atoms with E-state index < -0.39 is 17.7 Å². The molecule has 2 atom stereocenters. The number of amides is 2. The molecule has 2 amide bonds. The van der Waals surface area contributed by atoms with E-state index in [2.05, 4.69) is 5.32 Å². The minimum Gasteiger partial charge on any atom is -0.463 e. The van der Waals surface area contributed by atoms with Crippen LogP contribution in [-0.4, -0.2) is 41.9 Å². The van der Waals surface area contributed by atoms with E-state index in [1.807, 2.05) is 13.8 Å². The molecule has 152 valence electrons. The Kier molecular flexibility index (Phi) is 7.31. The molecule has 0 spiro atoms. The van der Waals surface area contributed by atoms with Gasteiger partial charge in [0, 0.05) is 24.1 Å². The monoisotopic (exact) mass is 390 g/mol. The molecule has 2 rings (SSSR count). The molecule has 6 nitrogen and oxygen atoms in total. The number of rotatable bonds is 7. The van der Waals surface area contributed by atoms with Gasteiger partial charge in [0.25, 0.3) is 0 Å². The minimum absolute atomic E-state index is 0.00632. The first-order chi connectivity index (χ1) is 13.3. The highest BCUT2D eigenvalue weighted by Crippen LogP contribution is 2.37. The van der Waals surface area contributed by atoms with Crippen molar-refractivity contribution in [3.63, 3.8) is 0 Å². The third-order valence-electron chi connectivity index (χ3n) is 4.91. The van der Waals surface area contributed by atoms with Gasteiger partial charge in [-0.05, 0) is 44.9 Å². The summed E-state index contributed by atoms with van der Waals surface area (Å²) in [6.07, 6.45) is 0.781. The van der Waals surface area contributed by atoms with E-state index in [4.69, 9.17) is 4.74 Å². The molecule has 0 aromatic heterocycles. The second-order valence-electron chi connectivity index (χ2n) is 6.88. The number of carbonyl (C=O) groups is 3. The van der Waals surface area contributed by atoms with E-state index in [-0.39, 0.29) is 37.4 Å². The van der Waals surface area contributed by atoms with Crippen molar-refractivity contribution in [2.45, 2.75) is 52.5 Å². The minimum atomic E-state index is -0.541. The summed E-state index contributed by atoms with van der Waals surface area (Å²) in [4.78, 5) is 39.0. The molecular formula is C21H27FN2O4. The summed E-state index contributed by atoms with van der Waals surface area (Å²) in [6, 6.07) is 5.71. The first kappa shape index (κ1) is 21.6. The number of ether oxygens (including phenoxy) is 1. The van der Waals surface area contributed by atoms with Gasteiger partial charge in [0.2, 0.25) is 11.8 Å². The number of hydrogen-bond acceptors (Lipinski definition) is 4. The molecular weight excluding hydrogens is 363 g/mol. The Bertz CT molecular complexity index is 773. The standard InChI is InChI=1S/C21H27FN2O4/c1-5-13(3)23-18(25)12-24-14(4)20(21(27)28-6-2)17(11-19(24)26)15-7-9-16(22)10-8-15/h7-10,13,17H,5-6,11-12H2,1-4H3,(H,23,25)/t13-,17-/m0/s1. The lowest BCUT2D eigenvalue weighted by atomic mass is 9.83. The molecule has 1 aromatic carbocycles. The Morgan fingerprint density at radius 2 is 1.93 bits per heavy atom. The zero-order valence-corrected chi connectivity index (χ0v) is 16.8. The molecule has 0 radical (unpaired) electrons. The van der Waals surface area contributed by atoms with Gasteiger partial charge in [-0.25, -0.2) is 9.18 Å². The number of allylic oxidation sites excluding steroid dienone is 1. The lowest BCUT2D eigenvalue weighted by Crippen LogP contribution is -2.45. The molecule has 0 fully saturated rings. The van der Waals surface area contributed by atoms with Crippen LogP contribution in [0.15, 0.2) is 35.5 Å². The fourth-order valence-corrected chi connectivity index (χ4v) is 3.22. The molecule has 1 aliphatic heterocycles. The van der Waals surface area contributed by atoms with Crippen LogP contribution in [0.25, 0.3) is 0 Å². The normalized spacial score (nSPS) is 18.1. The van der Waals surface area contributed by atoms with Crippen LogP contribution < -0.4 is 5.32 Å². The molecule has 1 aliphatic rings. The molecule has 0 bridgehead atoms. The van der Waals surface area contributed by atoms with Gasteiger partial charge in [-0.15, -0.1) is 0 Å². The van der Waals surface area contributed by atoms with Gasteiger partial charge in [0.15, 0.2) is 0 Å². The van der Waals surface area contributed by atoms with Crippen molar-refractivity contribution < 1.29 is 23.5 Å². The third kappa shape index (κ3) is 4.97. The average Bonchev–Trinajstić information content (AvgIpc) is 2.65. The lowest BCUT2D eigenvalue weighted by Gasteiger charge is -2.34. The number of nitrogens with one attached hydrogen (secondary N) is 1. The molecule has 0 saturated carbocycles. The van der Waals surface area contributed by atoms with Gasteiger partial charge in [-0.2, -0.15) is 0 Å². The Labute approximate surface area is 164 Å². The highest BCUT2D eigenvalue weighted by molar-refractivity contribution is 5.97. The molecule has 0 saturated heterocycles. The van der Waals surface area contributed by atoms with Gasteiger partial charge >= 0.3 is 5.97 Å². The van der Waals surface area contributed by atoms with Crippen molar-refractivity contribution in [1.82, 2.24) is 10.2 Å². The Morgan fingerprint density at radius 1 is 1.29 bits per heavy atom. The van der Waals surface area contributed by atoms with E-state index in [0.717, 1.165) is 6.42 Å². The number of esters is 1. The maximum absolute atomic E-state index is 13.3. The fourth-order valence-electron chi connectivity index (χ4n) is 3.22. The third-order valence-corrected chi connectivity index (χ3v) is 4.91. The van der Waals surface area contributed by atoms with Gasteiger partial charge in [0.05, 0.1) is 12.2 Å². The molecule has 0 aliphatic carbocycles. The average molecular weight is 390 g/mol. The molecule has 7 heteroatoms. The highest BCUT2D eigenvalue weighted by atomic mass is 19.1. The summed E-state index contributed by atoms with van der Waals surface area (Å²) in [6.45, 7) is 7.20. The number of nitrogens with zero attached hydrogens (tertiary/aromatic N) is 1. The van der Waals surface area contributed by atoms with Crippen LogP contribution in [0.4, 0.5) is 4.39 Å². The van der Waals surface area contributed by atoms with Gasteiger partial charge < -0.3 is 15.0 Å². The quantitative estimate of drug-likeness (QED) is 0.727. The molecule has 1 aromatic rings. The Morgan fingerprint density at radius 3 is 2.50 bits per heavy atom. The highest BCUT2D eigenvalue weighted by Gasteiger charge is 2.37. The maximum Gasteiger partial charge on any atom is 0.336 e. The predicted octanol–water partition coefficient (Wildman–Crippen LogP) is 2.89. The number of halogens is 1. The summed E-state index contributed by atoms with van der Waals surface area (Å²) in [5.74, 6) is -2.02. The van der Waals surface area contributed by atoms with Crippen molar-refractivity contribution in [3.05, 3.63) is 46.9 Å². The van der Waals surface area contributed by atoms with Crippen LogP contribution in [-0.2, 0) is 19.1 Å². The van der Waals surface area contributed by atoms with Crippen LogP contribution >= 0.6 is 0 Å². The van der Waals surface area contributed by atoms with Crippen molar-refractivity contribution >= 4 is 17.8 Å². The van der Waals surface area contributed by atoms with E-state index in [1.54, 1.807) is 26.0 Å². The Hall–Kier alpha value is -2.70. The number of carbonyl (C=O) groups excluding carboxylic acids is 3. The van der Waals surface area contributed by atoms with Crippen molar-refractivity contribution in [2.75, 3.05) is 13.2 Å². The van der Waals surface area contributed by atoms with E-state index in [1.165, 1.54) is 17.0 Å². The van der Waals surface area contributed by atoms with E-state index in [0.29, 0.717) is 16.8 Å². The number of hydrogen-bond donors (Lipinski definition) is 1. The maximum atomic E-state index is 13.3. The molecule has 0 unspecified atom stereocenters. The second kappa shape index (κ2) is 9.48. The Balaban J connectivity index is 2.39. The predicted molar refractivity (Wildman–Crippen MR) is 103 cm³/mol. The smallest absolute Gasteiger partial charge is 0.336 e. The SMILES string of the molecule is CCOC(=O)C1=C(C)N(CC(=O)N[C@@H](C)CC)C(=O)C[C@H]1c1ccc(F)cc1. The first-order valence-corrected chi connectivity index (χ1v) is 9.51. The summed E-state index contributed by atoms with van der Waals surface area (Å²) in [5.41, 5.74) is 1.37. The lowest BCUT2D eigenvalue weighted by molar-refractivity contribution is -0.141. The van der Waals surface area contributed by atoms with Crippen LogP contribution in [0.5, 0.6) is 0 Å². The van der Waals surface area contributed by atoms with Crippen LogP contribution in [0.2, 0.25) is 0 Å². The summed E-state index contributed by atoms with van der Waals surface area (Å²) < 4.78 is 18.5. The first-order valence-electron chi connectivity index (χ1n) is 9.51. The van der Waals surface area contributed by atoms with Gasteiger partial charge in [-0.3, -0.25) is 9.59 Å². The molecule has 1 heterocycles. The van der Waals surface area contributed by atoms with Gasteiger partial charge in [-0.1, -0.05) is 19.1 Å². The van der Waals surface area contributed by atoms with Crippen molar-refractivity contribution in [3.8, 4) is 0 Å². The van der Waals surface area contributed by atoms with Crippen molar-refractivity contribution in [1.29, 1.82) is 0 Å². The van der Waals surface area contributed by atoms with Crippen LogP contribution in [0.1, 0.15) is 52.0 Å². The van der Waals surface area contributed by atoms with E-state index >= 15 is 0 Å². The summed E-state index contributed by atoms with van der Waals surface area (Å²) >= 11 is 0. The summed E-state index contributed by atoms with van der Waals surface area (Å²) in [5, 5.41) is 2.82. The van der Waals surface area contributed by atoms with Crippen LogP contribution in [0, 0.1) is 5.82 Å². The molecule has 28 heavy (non-hydrogen) atoms.